The van der Waals surface area contributed by atoms with E-state index in [1.807, 2.05) is 0 Å². The van der Waals surface area contributed by atoms with Crippen LogP contribution in [-0.4, -0.2) is 29.4 Å². The number of nitrogens with zero attached hydrogens (tertiary/aromatic N) is 2. The van der Waals surface area contributed by atoms with E-state index < -0.39 is 15.8 Å². The molecule has 0 atom stereocenters. The summed E-state index contributed by atoms with van der Waals surface area (Å²) in [7, 11) is -3.87. The molecular weight excluding hydrogens is 391 g/mol. The fourth-order valence-electron chi connectivity index (χ4n) is 2.50. The first-order valence-corrected chi connectivity index (χ1v) is 9.83. The van der Waals surface area contributed by atoms with Gasteiger partial charge in [-0.25, -0.2) is 21.8 Å². The third kappa shape index (κ3) is 4.32. The molecule has 0 fully saturated rings. The van der Waals surface area contributed by atoms with Crippen LogP contribution in [0.15, 0.2) is 60.9 Å². The molecule has 5 nitrogen and oxygen atoms in total. The van der Waals surface area contributed by atoms with Gasteiger partial charge >= 0.3 is 0 Å². The number of pyridine rings is 1. The van der Waals surface area contributed by atoms with Gasteiger partial charge in [0, 0.05) is 23.5 Å². The molecule has 3 rings (SSSR count). The predicted molar refractivity (Wildman–Crippen MR) is 103 cm³/mol. The molecule has 3 aromatic rings. The molecule has 0 bridgehead atoms. The highest BCUT2D eigenvalue weighted by Gasteiger charge is 2.20. The van der Waals surface area contributed by atoms with E-state index >= 15 is 0 Å². The molecule has 0 aliphatic rings. The maximum atomic E-state index is 14.1. The maximum Gasteiger partial charge on any atom is 0.242 e. The van der Waals surface area contributed by atoms with E-state index in [4.69, 9.17) is 11.6 Å². The largest absolute Gasteiger partial charge is 0.298 e. The second-order valence-corrected chi connectivity index (χ2v) is 7.93. The number of halogens is 2. The molecule has 138 valence electrons. The monoisotopic (exact) mass is 404 g/mol. The van der Waals surface area contributed by atoms with E-state index in [0.29, 0.717) is 17.0 Å². The van der Waals surface area contributed by atoms with Gasteiger partial charge in [-0.15, -0.1) is 0 Å². The molecule has 0 spiro atoms. The van der Waals surface area contributed by atoms with Gasteiger partial charge in [-0.2, -0.15) is 0 Å². The third-order valence-electron chi connectivity index (χ3n) is 3.76. The quantitative estimate of drug-likeness (QED) is 0.459. The Morgan fingerprint density at radius 3 is 2.59 bits per heavy atom. The van der Waals surface area contributed by atoms with Crippen molar-refractivity contribution in [2.45, 2.75) is 0 Å². The number of carbonyl (C=O) groups is 1. The molecule has 0 radical (unpaired) electrons. The van der Waals surface area contributed by atoms with Crippen LogP contribution in [0.2, 0.25) is 5.15 Å². The fraction of sp³-hybridized carbons (Fsp3) is 0.0526. The van der Waals surface area contributed by atoms with Crippen molar-refractivity contribution in [3.05, 3.63) is 83.0 Å². The van der Waals surface area contributed by atoms with Crippen molar-refractivity contribution in [1.82, 2.24) is 8.96 Å². The van der Waals surface area contributed by atoms with Gasteiger partial charge in [0.1, 0.15) is 11.0 Å². The van der Waals surface area contributed by atoms with Gasteiger partial charge in [-0.05, 0) is 29.8 Å². The topological polar surface area (TPSA) is 69.0 Å². The van der Waals surface area contributed by atoms with Gasteiger partial charge in [0.05, 0.1) is 11.4 Å². The number of aldehydes is 1. The van der Waals surface area contributed by atoms with Gasteiger partial charge in [-0.1, -0.05) is 42.0 Å². The molecule has 0 saturated carbocycles. The van der Waals surface area contributed by atoms with Crippen LogP contribution in [0.25, 0.3) is 17.3 Å². The normalized spacial score (nSPS) is 11.8. The van der Waals surface area contributed by atoms with Crippen molar-refractivity contribution in [2.75, 3.05) is 5.75 Å². The molecule has 0 saturated heterocycles. The molecule has 0 unspecified atom stereocenters. The van der Waals surface area contributed by atoms with Gasteiger partial charge < -0.3 is 0 Å². The van der Waals surface area contributed by atoms with Crippen molar-refractivity contribution in [3.63, 3.8) is 0 Å². The maximum absolute atomic E-state index is 14.1. The minimum Gasteiger partial charge on any atom is -0.298 e. The fourth-order valence-corrected chi connectivity index (χ4v) is 3.84. The molecule has 8 heteroatoms. The summed E-state index contributed by atoms with van der Waals surface area (Å²) in [6.45, 7) is 0. The molecule has 1 aromatic carbocycles. The van der Waals surface area contributed by atoms with Gasteiger partial charge in [0.25, 0.3) is 0 Å². The first-order valence-electron chi connectivity index (χ1n) is 7.84. The van der Waals surface area contributed by atoms with Crippen LogP contribution < -0.4 is 0 Å². The lowest BCUT2D eigenvalue weighted by Crippen LogP contribution is -2.15. The number of carbonyl (C=O) groups excluding carboxylic acids is 1. The molecule has 2 aromatic heterocycles. The molecule has 27 heavy (non-hydrogen) atoms. The molecule has 0 aliphatic carbocycles. The zero-order valence-corrected chi connectivity index (χ0v) is 15.5. The summed E-state index contributed by atoms with van der Waals surface area (Å²) in [5.74, 6) is -0.920. The minimum atomic E-state index is -3.87. The molecule has 2 heterocycles. The number of hydrogen-bond acceptors (Lipinski definition) is 4. The van der Waals surface area contributed by atoms with Crippen molar-refractivity contribution in [3.8, 4) is 11.3 Å². The first-order chi connectivity index (χ1) is 12.9. The van der Waals surface area contributed by atoms with Crippen LogP contribution in [-0.2, 0) is 10.0 Å². The van der Waals surface area contributed by atoms with Crippen LogP contribution in [0.3, 0.4) is 0 Å². The predicted octanol–water partition coefficient (Wildman–Crippen LogP) is 4.05. The summed E-state index contributed by atoms with van der Waals surface area (Å²) in [4.78, 5) is 15.0. The number of aromatic nitrogens is 2. The Kier molecular flexibility index (Phi) is 5.53. The van der Waals surface area contributed by atoms with Gasteiger partial charge in [0.15, 0.2) is 6.29 Å². The highest BCUT2D eigenvalue weighted by Crippen LogP contribution is 2.26. The van der Waals surface area contributed by atoms with E-state index in [2.05, 4.69) is 4.98 Å². The Morgan fingerprint density at radius 2 is 1.93 bits per heavy atom. The van der Waals surface area contributed by atoms with E-state index in [0.717, 1.165) is 3.97 Å². The lowest BCUT2D eigenvalue weighted by molar-refractivity contribution is 0.112. The highest BCUT2D eigenvalue weighted by atomic mass is 35.5. The third-order valence-corrected chi connectivity index (χ3v) is 5.50. The minimum absolute atomic E-state index is 0.0942. The summed E-state index contributed by atoms with van der Waals surface area (Å²) in [5, 5.41) is 0.336. The van der Waals surface area contributed by atoms with E-state index in [-0.39, 0.29) is 22.6 Å². The van der Waals surface area contributed by atoms with Crippen LogP contribution in [0.4, 0.5) is 4.39 Å². The highest BCUT2D eigenvalue weighted by molar-refractivity contribution is 7.90. The number of benzene rings is 1. The Labute approximate surface area is 160 Å². The molecule has 0 amide bonds. The van der Waals surface area contributed by atoms with E-state index in [9.17, 15) is 17.6 Å². The molecule has 0 aliphatic heterocycles. The van der Waals surface area contributed by atoms with Crippen molar-refractivity contribution in [2.24, 2.45) is 0 Å². The zero-order chi connectivity index (χ0) is 19.4. The van der Waals surface area contributed by atoms with Gasteiger partial charge in [0.2, 0.25) is 10.0 Å². The average Bonchev–Trinajstić information content (AvgIpc) is 3.09. The summed E-state index contributed by atoms with van der Waals surface area (Å²) in [6.07, 6.45) is 6.25. The van der Waals surface area contributed by atoms with Crippen molar-refractivity contribution in [1.29, 1.82) is 0 Å². The standard InChI is InChI=1S/C19H14ClFN2O3S/c20-19-8-7-14(11-22-19)4-3-9-27(25,26)23-12-15(13-24)10-18(23)16-5-1-2-6-17(16)21/h1-8,10-13H,9H2. The lowest BCUT2D eigenvalue weighted by atomic mass is 10.1. The average molecular weight is 405 g/mol. The summed E-state index contributed by atoms with van der Waals surface area (Å²) in [6, 6.07) is 10.4. The Hall–Kier alpha value is -2.77. The van der Waals surface area contributed by atoms with Crippen molar-refractivity contribution < 1.29 is 17.6 Å². The second kappa shape index (κ2) is 7.85. The van der Waals surface area contributed by atoms with Crippen LogP contribution in [0.5, 0.6) is 0 Å². The van der Waals surface area contributed by atoms with Gasteiger partial charge in [-0.3, -0.25) is 4.79 Å². The van der Waals surface area contributed by atoms with Crippen molar-refractivity contribution >= 4 is 34.0 Å². The van der Waals surface area contributed by atoms with Crippen LogP contribution >= 0.6 is 11.6 Å². The second-order valence-electron chi connectivity index (χ2n) is 5.65. The zero-order valence-electron chi connectivity index (χ0n) is 13.9. The van der Waals surface area contributed by atoms with E-state index in [1.54, 1.807) is 24.3 Å². The summed E-state index contributed by atoms with van der Waals surface area (Å²) < 4.78 is 40.6. The number of hydrogen-bond donors (Lipinski definition) is 0. The number of rotatable bonds is 6. The summed E-state index contributed by atoms with van der Waals surface area (Å²) >= 11 is 5.71. The first kappa shape index (κ1) is 19.0. The summed E-state index contributed by atoms with van der Waals surface area (Å²) in [5.41, 5.74) is 1.02. The molecule has 0 N–H and O–H groups in total. The lowest BCUT2D eigenvalue weighted by Gasteiger charge is -2.09. The Bertz CT molecular complexity index is 1110. The van der Waals surface area contributed by atoms with Crippen LogP contribution in [0.1, 0.15) is 15.9 Å². The molecular formula is C19H14ClFN2O3S. The SMILES string of the molecule is O=Cc1cc(-c2ccccc2F)n(S(=O)(=O)CC=Cc2ccc(Cl)nc2)c1. The Morgan fingerprint density at radius 1 is 1.15 bits per heavy atom. The van der Waals surface area contributed by atoms with E-state index in [1.165, 1.54) is 42.7 Å². The smallest absolute Gasteiger partial charge is 0.242 e. The van der Waals surface area contributed by atoms with Crippen LogP contribution in [0, 0.1) is 5.82 Å². The Balaban J connectivity index is 1.94.